The molecule has 0 heterocycles. The summed E-state index contributed by atoms with van der Waals surface area (Å²) in [5, 5.41) is 3.17. The molecule has 0 aliphatic heterocycles. The molecule has 0 aromatic heterocycles. The molecule has 0 amide bonds. The van der Waals surface area contributed by atoms with Gasteiger partial charge in [0.15, 0.2) is 5.96 Å². The van der Waals surface area contributed by atoms with E-state index in [-0.39, 0.29) is 0 Å². The van der Waals surface area contributed by atoms with Crippen LogP contribution < -0.4 is 11.1 Å². The third kappa shape index (κ3) is 4.10. The van der Waals surface area contributed by atoms with Crippen molar-refractivity contribution in [3.8, 4) is 0 Å². The van der Waals surface area contributed by atoms with Gasteiger partial charge in [0.25, 0.3) is 0 Å². The predicted octanol–water partition coefficient (Wildman–Crippen LogP) is 3.94. The van der Waals surface area contributed by atoms with Gasteiger partial charge < -0.3 is 11.1 Å². The second-order valence-electron chi connectivity index (χ2n) is 4.47. The van der Waals surface area contributed by atoms with Gasteiger partial charge >= 0.3 is 0 Å². The summed E-state index contributed by atoms with van der Waals surface area (Å²) in [5.74, 6) is 0.436. The fraction of sp³-hybridized carbons (Fsp3) is 0.188. The van der Waals surface area contributed by atoms with Crippen molar-refractivity contribution in [3.63, 3.8) is 0 Å². The molecule has 2 aromatic rings. The van der Waals surface area contributed by atoms with E-state index in [4.69, 9.17) is 5.73 Å². The first-order chi connectivity index (χ1) is 9.69. The summed E-state index contributed by atoms with van der Waals surface area (Å²) in [6.07, 6.45) is 0.938. The van der Waals surface area contributed by atoms with Gasteiger partial charge in [-0.15, -0.1) is 0 Å². The Morgan fingerprint density at radius 3 is 2.65 bits per heavy atom. The Hall–Kier alpha value is -1.81. The average Bonchev–Trinajstić information content (AvgIpc) is 2.48. The SMILES string of the molecule is CCc1cc(Br)ccc1NC(N)=NCc1ccccc1. The number of hydrogen-bond donors (Lipinski definition) is 2. The van der Waals surface area contributed by atoms with E-state index in [2.05, 4.69) is 39.2 Å². The molecule has 4 heteroatoms. The van der Waals surface area contributed by atoms with E-state index in [0.717, 1.165) is 22.1 Å². The van der Waals surface area contributed by atoms with E-state index in [9.17, 15) is 0 Å². The third-order valence-electron chi connectivity index (χ3n) is 2.99. The molecule has 0 unspecified atom stereocenters. The van der Waals surface area contributed by atoms with Crippen molar-refractivity contribution in [2.24, 2.45) is 10.7 Å². The summed E-state index contributed by atoms with van der Waals surface area (Å²) in [5.41, 5.74) is 9.30. The fourth-order valence-corrected chi connectivity index (χ4v) is 2.32. The van der Waals surface area contributed by atoms with Crippen LogP contribution in [0.15, 0.2) is 58.0 Å². The van der Waals surface area contributed by atoms with E-state index >= 15 is 0 Å². The number of aliphatic imine (C=N–C) groups is 1. The van der Waals surface area contributed by atoms with Gasteiger partial charge in [-0.3, -0.25) is 0 Å². The van der Waals surface area contributed by atoms with Crippen LogP contribution in [0.2, 0.25) is 0 Å². The number of nitrogens with zero attached hydrogens (tertiary/aromatic N) is 1. The third-order valence-corrected chi connectivity index (χ3v) is 3.48. The van der Waals surface area contributed by atoms with Crippen molar-refractivity contribution in [3.05, 3.63) is 64.1 Å². The van der Waals surface area contributed by atoms with E-state index in [1.165, 1.54) is 5.56 Å². The largest absolute Gasteiger partial charge is 0.370 e. The first-order valence-electron chi connectivity index (χ1n) is 6.58. The maximum Gasteiger partial charge on any atom is 0.193 e. The number of guanidine groups is 1. The molecule has 0 aliphatic carbocycles. The summed E-state index contributed by atoms with van der Waals surface area (Å²) in [6.45, 7) is 2.70. The van der Waals surface area contributed by atoms with Crippen molar-refractivity contribution in [2.75, 3.05) is 5.32 Å². The average molecular weight is 332 g/mol. The minimum atomic E-state index is 0.436. The summed E-state index contributed by atoms with van der Waals surface area (Å²) in [4.78, 5) is 4.36. The van der Waals surface area contributed by atoms with Crippen molar-refractivity contribution in [2.45, 2.75) is 19.9 Å². The van der Waals surface area contributed by atoms with Crippen LogP contribution in [0.1, 0.15) is 18.1 Å². The standard InChI is InChI=1S/C16H18BrN3/c1-2-13-10-14(17)8-9-15(13)20-16(18)19-11-12-6-4-3-5-7-12/h3-10H,2,11H2,1H3,(H3,18,19,20). The molecule has 0 saturated carbocycles. The predicted molar refractivity (Wildman–Crippen MR) is 88.9 cm³/mol. The van der Waals surface area contributed by atoms with Crippen LogP contribution in [0.5, 0.6) is 0 Å². The molecule has 0 aliphatic rings. The summed E-state index contributed by atoms with van der Waals surface area (Å²) in [7, 11) is 0. The molecule has 0 bridgehead atoms. The zero-order chi connectivity index (χ0) is 14.4. The zero-order valence-corrected chi connectivity index (χ0v) is 13.0. The van der Waals surface area contributed by atoms with Crippen LogP contribution >= 0.6 is 15.9 Å². The quantitative estimate of drug-likeness (QED) is 0.658. The van der Waals surface area contributed by atoms with E-state index < -0.39 is 0 Å². The Bertz CT molecular complexity index is 594. The van der Waals surface area contributed by atoms with E-state index in [1.807, 2.05) is 42.5 Å². The normalized spacial score (nSPS) is 11.4. The van der Waals surface area contributed by atoms with Crippen LogP contribution in [-0.2, 0) is 13.0 Å². The first kappa shape index (κ1) is 14.6. The Morgan fingerprint density at radius 2 is 1.95 bits per heavy atom. The smallest absolute Gasteiger partial charge is 0.193 e. The lowest BCUT2D eigenvalue weighted by Crippen LogP contribution is -2.23. The van der Waals surface area contributed by atoms with Gasteiger partial charge in [-0.25, -0.2) is 4.99 Å². The molecule has 20 heavy (non-hydrogen) atoms. The van der Waals surface area contributed by atoms with Gasteiger partial charge in [0.1, 0.15) is 0 Å². The summed E-state index contributed by atoms with van der Waals surface area (Å²) in [6, 6.07) is 16.1. The number of benzene rings is 2. The number of anilines is 1. The first-order valence-corrected chi connectivity index (χ1v) is 7.37. The lowest BCUT2D eigenvalue weighted by atomic mass is 10.1. The van der Waals surface area contributed by atoms with Gasteiger partial charge in [-0.2, -0.15) is 0 Å². The number of rotatable bonds is 4. The molecule has 0 fully saturated rings. The maximum atomic E-state index is 5.94. The summed E-state index contributed by atoms with van der Waals surface area (Å²) < 4.78 is 1.07. The minimum absolute atomic E-state index is 0.436. The molecular formula is C16H18BrN3. The van der Waals surface area contributed by atoms with Gasteiger partial charge in [-0.05, 0) is 35.7 Å². The lowest BCUT2D eigenvalue weighted by molar-refractivity contribution is 1.06. The fourth-order valence-electron chi connectivity index (χ4n) is 1.91. The lowest BCUT2D eigenvalue weighted by Gasteiger charge is -2.11. The highest BCUT2D eigenvalue weighted by molar-refractivity contribution is 9.10. The molecule has 0 saturated heterocycles. The van der Waals surface area contributed by atoms with Gasteiger partial charge in [-0.1, -0.05) is 53.2 Å². The molecule has 0 radical (unpaired) electrons. The highest BCUT2D eigenvalue weighted by Gasteiger charge is 2.02. The molecule has 2 aromatic carbocycles. The Morgan fingerprint density at radius 1 is 1.20 bits per heavy atom. The Labute approximate surface area is 128 Å². The number of halogens is 1. The monoisotopic (exact) mass is 331 g/mol. The molecule has 0 atom stereocenters. The van der Waals surface area contributed by atoms with Crippen molar-refractivity contribution >= 4 is 27.6 Å². The molecule has 0 spiro atoms. The molecule has 104 valence electrons. The molecule has 3 nitrogen and oxygen atoms in total. The van der Waals surface area contributed by atoms with Gasteiger partial charge in [0.05, 0.1) is 6.54 Å². The second-order valence-corrected chi connectivity index (χ2v) is 5.38. The number of nitrogens with one attached hydrogen (secondary N) is 1. The van der Waals surface area contributed by atoms with Crippen LogP contribution in [0, 0.1) is 0 Å². The van der Waals surface area contributed by atoms with Crippen LogP contribution in [0.3, 0.4) is 0 Å². The van der Waals surface area contributed by atoms with Crippen molar-refractivity contribution in [1.82, 2.24) is 0 Å². The molecule has 2 rings (SSSR count). The maximum absolute atomic E-state index is 5.94. The minimum Gasteiger partial charge on any atom is -0.370 e. The Balaban J connectivity index is 2.06. The molecular weight excluding hydrogens is 314 g/mol. The van der Waals surface area contributed by atoms with Crippen LogP contribution in [0.4, 0.5) is 5.69 Å². The van der Waals surface area contributed by atoms with E-state index in [1.54, 1.807) is 0 Å². The molecule has 3 N–H and O–H groups in total. The highest BCUT2D eigenvalue weighted by atomic mass is 79.9. The number of aryl methyl sites for hydroxylation is 1. The van der Waals surface area contributed by atoms with Gasteiger partial charge in [0, 0.05) is 10.2 Å². The van der Waals surface area contributed by atoms with Crippen molar-refractivity contribution in [1.29, 1.82) is 0 Å². The number of nitrogens with two attached hydrogens (primary N) is 1. The topological polar surface area (TPSA) is 50.4 Å². The van der Waals surface area contributed by atoms with Crippen LogP contribution in [0.25, 0.3) is 0 Å². The number of hydrogen-bond acceptors (Lipinski definition) is 1. The summed E-state index contributed by atoms with van der Waals surface area (Å²) >= 11 is 3.48. The van der Waals surface area contributed by atoms with Gasteiger partial charge in [0.2, 0.25) is 0 Å². The zero-order valence-electron chi connectivity index (χ0n) is 11.4. The second kappa shape index (κ2) is 7.10. The van der Waals surface area contributed by atoms with E-state index in [0.29, 0.717) is 12.5 Å². The van der Waals surface area contributed by atoms with Crippen molar-refractivity contribution < 1.29 is 0 Å². The highest BCUT2D eigenvalue weighted by Crippen LogP contribution is 2.21. The van der Waals surface area contributed by atoms with Crippen LogP contribution in [-0.4, -0.2) is 5.96 Å². The Kier molecular flexibility index (Phi) is 5.18.